The number of hydrogen-bond donors (Lipinski definition) is 3. The van der Waals surface area contributed by atoms with Gasteiger partial charge in [-0.05, 0) is 57.3 Å². The highest BCUT2D eigenvalue weighted by Gasteiger charge is 2.30. The van der Waals surface area contributed by atoms with Crippen molar-refractivity contribution in [1.29, 1.82) is 0 Å². The third-order valence-electron chi connectivity index (χ3n) is 17.7. The van der Waals surface area contributed by atoms with Crippen LogP contribution in [0.25, 0.3) is 0 Å². The van der Waals surface area contributed by atoms with Gasteiger partial charge in [0.05, 0.1) is 26.4 Å². The average molecular weight is 1420 g/mol. The van der Waals surface area contributed by atoms with Gasteiger partial charge in [-0.25, -0.2) is 9.13 Å². The Kier molecular flexibility index (Phi) is 68.8. The zero-order valence-electron chi connectivity index (χ0n) is 62.7. The monoisotopic (exact) mass is 1420 g/mol. The molecular formula is C78H148O17P2. The molecule has 0 aliphatic heterocycles. The van der Waals surface area contributed by atoms with Gasteiger partial charge in [-0.1, -0.05) is 335 Å². The molecule has 2 unspecified atom stereocenters. The van der Waals surface area contributed by atoms with Gasteiger partial charge in [0.2, 0.25) is 0 Å². The Bertz CT molecular complexity index is 1950. The van der Waals surface area contributed by atoms with Crippen LogP contribution in [0.5, 0.6) is 0 Å². The minimum absolute atomic E-state index is 0.102. The van der Waals surface area contributed by atoms with Crippen molar-refractivity contribution >= 4 is 39.5 Å². The third kappa shape index (κ3) is 71.7. The Morgan fingerprint density at radius 3 is 0.845 bits per heavy atom. The Morgan fingerprint density at radius 1 is 0.320 bits per heavy atom. The number of unbranched alkanes of at least 4 members (excludes halogenated alkanes) is 45. The first kappa shape index (κ1) is 94.5. The molecule has 0 radical (unpaired) electrons. The van der Waals surface area contributed by atoms with Gasteiger partial charge in [0, 0.05) is 25.7 Å². The molecule has 0 fully saturated rings. The Hall–Kier alpha value is -2.46. The van der Waals surface area contributed by atoms with Gasteiger partial charge in [0.15, 0.2) is 12.2 Å². The van der Waals surface area contributed by atoms with Crippen LogP contribution in [0.1, 0.15) is 388 Å². The molecule has 0 aromatic rings. The van der Waals surface area contributed by atoms with Crippen molar-refractivity contribution < 1.29 is 80.2 Å². The second-order valence-corrected chi connectivity index (χ2v) is 30.8. The van der Waals surface area contributed by atoms with E-state index in [-0.39, 0.29) is 25.7 Å². The van der Waals surface area contributed by atoms with Crippen LogP contribution in [0, 0.1) is 5.92 Å². The number of rotatable bonds is 76. The van der Waals surface area contributed by atoms with E-state index in [1.807, 2.05) is 0 Å². The molecule has 572 valence electrons. The smallest absolute Gasteiger partial charge is 0.462 e. The normalized spacial score (nSPS) is 14.1. The first-order valence-corrected chi connectivity index (χ1v) is 42.9. The van der Waals surface area contributed by atoms with Gasteiger partial charge in [-0.3, -0.25) is 37.3 Å². The molecule has 0 amide bonds. The largest absolute Gasteiger partial charge is 0.472 e. The molecule has 97 heavy (non-hydrogen) atoms. The second kappa shape index (κ2) is 70.6. The maximum Gasteiger partial charge on any atom is 0.472 e. The molecule has 17 nitrogen and oxygen atoms in total. The molecule has 0 spiro atoms. The summed E-state index contributed by atoms with van der Waals surface area (Å²) in [5.41, 5.74) is 0. The van der Waals surface area contributed by atoms with E-state index >= 15 is 0 Å². The minimum atomic E-state index is -4.97. The number of hydrogen-bond acceptors (Lipinski definition) is 15. The zero-order chi connectivity index (χ0) is 71.2. The highest BCUT2D eigenvalue weighted by Crippen LogP contribution is 2.45. The molecule has 19 heteroatoms. The van der Waals surface area contributed by atoms with Crippen molar-refractivity contribution in [2.45, 2.75) is 406 Å². The topological polar surface area (TPSA) is 237 Å². The molecule has 0 saturated heterocycles. The Balaban J connectivity index is 5.26. The average Bonchev–Trinajstić information content (AvgIpc) is 2.76. The van der Waals surface area contributed by atoms with Crippen LogP contribution in [0.3, 0.4) is 0 Å². The van der Waals surface area contributed by atoms with Crippen LogP contribution < -0.4 is 0 Å². The number of phosphoric acid groups is 2. The fraction of sp³-hybridized carbons (Fsp3) is 0.897. The summed E-state index contributed by atoms with van der Waals surface area (Å²) in [6.07, 6.45) is 63.2. The fourth-order valence-electron chi connectivity index (χ4n) is 11.5. The molecule has 0 bridgehead atoms. The summed E-state index contributed by atoms with van der Waals surface area (Å²) in [4.78, 5) is 72.8. The van der Waals surface area contributed by atoms with Crippen LogP contribution in [0.4, 0.5) is 0 Å². The molecule has 0 aliphatic carbocycles. The van der Waals surface area contributed by atoms with Crippen LogP contribution in [0.2, 0.25) is 0 Å². The van der Waals surface area contributed by atoms with Gasteiger partial charge < -0.3 is 33.8 Å². The van der Waals surface area contributed by atoms with E-state index in [4.69, 9.17) is 37.0 Å². The highest BCUT2D eigenvalue weighted by atomic mass is 31.2. The summed E-state index contributed by atoms with van der Waals surface area (Å²) in [6.45, 7) is 7.24. The SMILES string of the molecule is CCCCCC/C=C\C=C/CCCCCCCC(=O)OC[C@H](COP(=O)(O)OC[C@@H](O)COP(=O)(O)OC[C@@H](COC(=O)CCCCCCCCCCC)OC(=O)CCCCCCCCCCCCCCC(C)C)OC(=O)CCCCCCCCCCCCCCCCCCCC. The number of aliphatic hydroxyl groups is 1. The van der Waals surface area contributed by atoms with E-state index in [0.717, 1.165) is 115 Å². The van der Waals surface area contributed by atoms with Crippen molar-refractivity contribution in [3.63, 3.8) is 0 Å². The second-order valence-electron chi connectivity index (χ2n) is 27.9. The van der Waals surface area contributed by atoms with Crippen molar-refractivity contribution in [3.05, 3.63) is 24.3 Å². The molecule has 0 heterocycles. The van der Waals surface area contributed by atoms with Gasteiger partial charge in [-0.2, -0.15) is 0 Å². The molecule has 3 N–H and O–H groups in total. The van der Waals surface area contributed by atoms with Crippen LogP contribution in [-0.2, 0) is 65.4 Å². The maximum absolute atomic E-state index is 13.1. The molecule has 5 atom stereocenters. The number of ether oxygens (including phenoxy) is 4. The molecule has 0 aromatic carbocycles. The predicted octanol–water partition coefficient (Wildman–Crippen LogP) is 22.8. The Labute approximate surface area is 592 Å². The lowest BCUT2D eigenvalue weighted by Gasteiger charge is -2.21. The number of esters is 4. The molecular weight excluding hydrogens is 1270 g/mol. The molecule has 0 aromatic heterocycles. The molecule has 0 aliphatic rings. The van der Waals surface area contributed by atoms with Crippen LogP contribution in [-0.4, -0.2) is 96.7 Å². The van der Waals surface area contributed by atoms with Gasteiger partial charge in [0.25, 0.3) is 0 Å². The van der Waals surface area contributed by atoms with E-state index in [2.05, 4.69) is 58.9 Å². The lowest BCUT2D eigenvalue weighted by Crippen LogP contribution is -2.30. The Morgan fingerprint density at radius 2 is 0.557 bits per heavy atom. The first-order chi connectivity index (χ1) is 47.0. The van der Waals surface area contributed by atoms with E-state index in [9.17, 15) is 43.2 Å². The third-order valence-corrected chi connectivity index (χ3v) is 19.6. The summed E-state index contributed by atoms with van der Waals surface area (Å²) < 4.78 is 68.5. The summed E-state index contributed by atoms with van der Waals surface area (Å²) in [5.74, 6) is -1.37. The van der Waals surface area contributed by atoms with Crippen LogP contribution in [0.15, 0.2) is 24.3 Å². The van der Waals surface area contributed by atoms with E-state index < -0.39 is 97.5 Å². The van der Waals surface area contributed by atoms with Gasteiger partial charge in [-0.15, -0.1) is 0 Å². The number of aliphatic hydroxyl groups excluding tert-OH is 1. The standard InChI is InChI=1S/C78H148O17P2/c1-6-9-12-15-18-21-23-25-27-28-29-31-33-38-43-48-53-58-63-77(82)95-74(68-89-76(81)62-57-52-47-42-37-32-30-26-24-22-19-16-13-10-7-2)70-93-97(86,87)91-66-72(79)65-90-96(84,85)92-69-73(67-88-75(80)61-56-51-46-40-20-17-14-11-8-3)94-78(83)64-59-54-49-44-39-35-34-36-41-45-50-55-60-71(4)5/h22,24,26,30,71-74,79H,6-21,23,25,27-29,31-70H2,1-5H3,(H,84,85)(H,86,87)/b24-22-,30-26-/t72-,73+,74+/m0/s1. The first-order valence-electron chi connectivity index (χ1n) is 40.0. The van der Waals surface area contributed by atoms with Crippen molar-refractivity contribution in [3.8, 4) is 0 Å². The van der Waals surface area contributed by atoms with E-state index in [1.54, 1.807) is 0 Å². The quantitative estimate of drug-likeness (QED) is 0.0169. The predicted molar refractivity (Wildman–Crippen MR) is 395 cm³/mol. The van der Waals surface area contributed by atoms with E-state index in [1.165, 1.54) is 193 Å². The number of phosphoric ester groups is 2. The number of allylic oxidation sites excluding steroid dienone is 4. The van der Waals surface area contributed by atoms with Crippen molar-refractivity contribution in [2.75, 3.05) is 39.6 Å². The summed E-state index contributed by atoms with van der Waals surface area (Å²) >= 11 is 0. The lowest BCUT2D eigenvalue weighted by molar-refractivity contribution is -0.161. The lowest BCUT2D eigenvalue weighted by atomic mass is 10.0. The fourth-order valence-corrected chi connectivity index (χ4v) is 13.1. The minimum Gasteiger partial charge on any atom is -0.462 e. The maximum atomic E-state index is 13.1. The highest BCUT2D eigenvalue weighted by molar-refractivity contribution is 7.47. The van der Waals surface area contributed by atoms with Crippen molar-refractivity contribution in [2.24, 2.45) is 5.92 Å². The van der Waals surface area contributed by atoms with Gasteiger partial charge >= 0.3 is 39.5 Å². The molecule has 0 saturated carbocycles. The zero-order valence-corrected chi connectivity index (χ0v) is 64.5. The van der Waals surface area contributed by atoms with Crippen LogP contribution >= 0.6 is 15.6 Å². The van der Waals surface area contributed by atoms with E-state index in [0.29, 0.717) is 25.7 Å². The van der Waals surface area contributed by atoms with Crippen molar-refractivity contribution in [1.82, 2.24) is 0 Å². The molecule has 0 rings (SSSR count). The van der Waals surface area contributed by atoms with Gasteiger partial charge in [0.1, 0.15) is 19.3 Å². The summed E-state index contributed by atoms with van der Waals surface area (Å²) in [7, 11) is -9.92. The summed E-state index contributed by atoms with van der Waals surface area (Å²) in [6, 6.07) is 0. The number of carbonyl (C=O) groups excluding carboxylic acids is 4. The number of carbonyl (C=O) groups is 4. The summed E-state index contributed by atoms with van der Waals surface area (Å²) in [5, 5.41) is 10.6.